The Morgan fingerprint density at radius 1 is 1.00 bits per heavy atom. The van der Waals surface area contributed by atoms with Crippen LogP contribution in [0.1, 0.15) is 93.7 Å². The van der Waals surface area contributed by atoms with Crippen molar-refractivity contribution in [3.63, 3.8) is 0 Å². The molecule has 13 nitrogen and oxygen atoms in total. The summed E-state index contributed by atoms with van der Waals surface area (Å²) in [5.41, 5.74) is 3.82. The number of hydrogen-bond donors (Lipinski definition) is 3. The molecule has 2 fully saturated rings. The van der Waals surface area contributed by atoms with Crippen molar-refractivity contribution in [3.8, 4) is 11.5 Å². The first-order valence-electron chi connectivity index (χ1n) is 22.8. The Hall–Kier alpha value is -5.28. The molecule has 7 rings (SSSR count). The van der Waals surface area contributed by atoms with E-state index in [0.717, 1.165) is 55.2 Å². The highest BCUT2D eigenvalue weighted by Gasteiger charge is 2.65. The van der Waals surface area contributed by atoms with Gasteiger partial charge >= 0.3 is 12.2 Å². The van der Waals surface area contributed by atoms with Gasteiger partial charge in [-0.25, -0.2) is 14.0 Å². The number of aliphatic hydroxyl groups excluding tert-OH is 2. The van der Waals surface area contributed by atoms with Crippen LogP contribution in [0.4, 0.5) is 14.0 Å². The number of hydrogen-bond acceptors (Lipinski definition) is 11. The number of aliphatic hydroxyl groups is 2. The van der Waals surface area contributed by atoms with Gasteiger partial charge in [-0.05, 0) is 104 Å². The van der Waals surface area contributed by atoms with Crippen LogP contribution in [0.25, 0.3) is 0 Å². The third kappa shape index (κ3) is 11.0. The van der Waals surface area contributed by atoms with E-state index in [9.17, 15) is 24.2 Å². The van der Waals surface area contributed by atoms with Crippen molar-refractivity contribution in [2.45, 2.75) is 108 Å². The van der Waals surface area contributed by atoms with Gasteiger partial charge in [-0.3, -0.25) is 4.90 Å². The molecule has 1 saturated carbocycles. The van der Waals surface area contributed by atoms with E-state index in [1.165, 1.54) is 12.1 Å². The van der Waals surface area contributed by atoms with Gasteiger partial charge in [0.05, 0.1) is 31.5 Å². The van der Waals surface area contributed by atoms with E-state index in [4.69, 9.17) is 33.7 Å². The number of carbonyl (C=O) groups excluding carboxylic acids is 2. The molecular weight excluding hydrogens is 822 g/mol. The summed E-state index contributed by atoms with van der Waals surface area (Å²) in [6, 6.07) is 20.0. The monoisotopic (exact) mass is 883 g/mol. The summed E-state index contributed by atoms with van der Waals surface area (Å²) >= 11 is 0. The van der Waals surface area contributed by atoms with E-state index in [0.29, 0.717) is 48.6 Å². The topological polar surface area (TPSA) is 158 Å². The number of benzene rings is 3. The lowest BCUT2D eigenvalue weighted by molar-refractivity contribution is -0.256. The largest absolute Gasteiger partial charge is 0.459 e. The predicted molar refractivity (Wildman–Crippen MR) is 238 cm³/mol. The Labute approximate surface area is 375 Å². The van der Waals surface area contributed by atoms with E-state index in [1.54, 1.807) is 42.2 Å². The summed E-state index contributed by atoms with van der Waals surface area (Å²) in [4.78, 5) is 35.5. The SMILES string of the molecule is C=CCO[C@@]12Oc3ccc(OC(=O)NCc4ccccc4)cc3[C@H]3[C@H](CCCCO)[C@@H](CCCCO)C=C(C(=NOC4CCCCO4)C[C@@H]1N(Cc1ccc(F)cc1)C(=O)OCC)[C@H]32. The number of ether oxygens (including phenoxy) is 5. The summed E-state index contributed by atoms with van der Waals surface area (Å²) in [5, 5.41) is 27.6. The quantitative estimate of drug-likeness (QED) is 0.0569. The second-order valence-corrected chi connectivity index (χ2v) is 16.9. The van der Waals surface area contributed by atoms with Gasteiger partial charge in [0.25, 0.3) is 0 Å². The number of carbonyl (C=O) groups is 2. The van der Waals surface area contributed by atoms with E-state index in [2.05, 4.69) is 18.0 Å². The first kappa shape index (κ1) is 46.7. The van der Waals surface area contributed by atoms with Gasteiger partial charge in [-0.2, -0.15) is 0 Å². The Morgan fingerprint density at radius 2 is 1.78 bits per heavy atom. The average Bonchev–Trinajstić information content (AvgIpc) is 3.31. The van der Waals surface area contributed by atoms with Gasteiger partial charge in [0.15, 0.2) is 0 Å². The molecule has 64 heavy (non-hydrogen) atoms. The van der Waals surface area contributed by atoms with E-state index in [-0.39, 0.29) is 63.7 Å². The lowest BCUT2D eigenvalue weighted by Crippen LogP contribution is -2.70. The molecular formula is C50H62FN3O10. The van der Waals surface area contributed by atoms with Gasteiger partial charge in [0.1, 0.15) is 23.4 Å². The number of allylic oxidation sites excluding steroid dienone is 1. The van der Waals surface area contributed by atoms with Crippen LogP contribution in [0.5, 0.6) is 11.5 Å². The zero-order valence-electron chi connectivity index (χ0n) is 36.7. The number of amides is 2. The standard InChI is InChI=1S/C50H62FN3O10/c1-3-27-61-50-44(54(49(58)59-4-2)33-35-19-21-37(51)22-20-35)31-42(53-64-45-18-10-13-28-60-45)40-29-36(16-8-11-25-55)39(17-9-12-26-56)46(47(40)50)41-30-38(23-24-43(41)63-50)62-48(57)52-32-34-14-6-5-7-15-34/h3,5-7,14-15,19-24,29-30,36,39,44-47,55-56H,1,4,8-13,16-18,25-28,31-33H2,2H3,(H,52,57)/t36-,39+,44-,45?,46+,47+,50+/m0/s1. The van der Waals surface area contributed by atoms with Crippen molar-refractivity contribution in [1.29, 1.82) is 0 Å². The van der Waals surface area contributed by atoms with Crippen LogP contribution in [0.15, 0.2) is 102 Å². The van der Waals surface area contributed by atoms with Crippen LogP contribution in [0, 0.1) is 23.6 Å². The second-order valence-electron chi connectivity index (χ2n) is 16.9. The lowest BCUT2D eigenvalue weighted by atomic mass is 9.55. The van der Waals surface area contributed by atoms with Gasteiger partial charge < -0.3 is 44.1 Å². The minimum Gasteiger partial charge on any atom is -0.459 e. The minimum atomic E-state index is -1.56. The number of unbranched alkanes of at least 4 members (excludes halogenated alkanes) is 2. The van der Waals surface area contributed by atoms with E-state index in [1.807, 2.05) is 36.4 Å². The van der Waals surface area contributed by atoms with Gasteiger partial charge in [0, 0.05) is 50.6 Å². The smallest absolute Gasteiger partial charge is 0.412 e. The van der Waals surface area contributed by atoms with Crippen molar-refractivity contribution in [2.24, 2.45) is 22.9 Å². The molecule has 14 heteroatoms. The molecule has 1 saturated heterocycles. The summed E-state index contributed by atoms with van der Waals surface area (Å²) in [5.74, 6) is -2.22. The van der Waals surface area contributed by atoms with Gasteiger partial charge in [-0.15, -0.1) is 6.58 Å². The highest BCUT2D eigenvalue weighted by Crippen LogP contribution is 2.62. The first-order chi connectivity index (χ1) is 31.3. The highest BCUT2D eigenvalue weighted by atomic mass is 19.1. The zero-order valence-corrected chi connectivity index (χ0v) is 36.7. The Balaban J connectivity index is 1.40. The molecule has 3 aromatic rings. The van der Waals surface area contributed by atoms with Gasteiger partial charge in [0.2, 0.25) is 12.1 Å². The molecule has 2 aliphatic heterocycles. The molecule has 3 aromatic carbocycles. The number of nitrogens with one attached hydrogen (secondary N) is 1. The summed E-state index contributed by atoms with van der Waals surface area (Å²) in [7, 11) is 0. The summed E-state index contributed by atoms with van der Waals surface area (Å²) in [6.45, 7) is 6.87. The Morgan fingerprint density at radius 3 is 2.50 bits per heavy atom. The molecule has 0 bridgehead atoms. The third-order valence-corrected chi connectivity index (χ3v) is 12.7. The first-order valence-corrected chi connectivity index (χ1v) is 22.8. The van der Waals surface area contributed by atoms with Crippen LogP contribution in [0.2, 0.25) is 0 Å². The molecule has 3 N–H and O–H groups in total. The van der Waals surface area contributed by atoms with Crippen LogP contribution in [0.3, 0.4) is 0 Å². The van der Waals surface area contributed by atoms with Crippen LogP contribution >= 0.6 is 0 Å². The third-order valence-electron chi connectivity index (χ3n) is 12.7. The van der Waals surface area contributed by atoms with Crippen molar-refractivity contribution >= 4 is 17.9 Å². The molecule has 2 aliphatic carbocycles. The summed E-state index contributed by atoms with van der Waals surface area (Å²) in [6.07, 6.45) is 8.98. The molecule has 344 valence electrons. The van der Waals surface area contributed by atoms with Crippen molar-refractivity contribution in [2.75, 3.05) is 33.0 Å². The van der Waals surface area contributed by atoms with Crippen molar-refractivity contribution in [3.05, 3.63) is 120 Å². The molecule has 4 aliphatic rings. The number of oxime groups is 1. The molecule has 7 atom stereocenters. The van der Waals surface area contributed by atoms with Gasteiger partial charge in [-0.1, -0.05) is 72.6 Å². The van der Waals surface area contributed by atoms with E-state index >= 15 is 0 Å². The number of fused-ring (bicyclic) bond motifs is 2. The zero-order chi connectivity index (χ0) is 44.9. The fraction of sp³-hybridized carbons (Fsp3) is 0.500. The second kappa shape index (κ2) is 22.6. The Bertz CT molecular complexity index is 2080. The van der Waals surface area contributed by atoms with Crippen LogP contribution in [-0.2, 0) is 32.1 Å². The number of halogens is 1. The fourth-order valence-electron chi connectivity index (χ4n) is 9.84. The molecule has 0 radical (unpaired) electrons. The molecule has 0 aromatic heterocycles. The van der Waals surface area contributed by atoms with Crippen LogP contribution in [-0.4, -0.2) is 84.2 Å². The van der Waals surface area contributed by atoms with E-state index < -0.39 is 42.0 Å². The minimum absolute atomic E-state index is 0.0173. The van der Waals surface area contributed by atoms with Crippen LogP contribution < -0.4 is 14.8 Å². The molecule has 2 amide bonds. The van der Waals surface area contributed by atoms with Crippen molar-refractivity contribution in [1.82, 2.24) is 10.2 Å². The molecule has 0 spiro atoms. The average molecular weight is 884 g/mol. The number of nitrogens with zero attached hydrogens (tertiary/aromatic N) is 2. The maximum atomic E-state index is 14.4. The van der Waals surface area contributed by atoms with Crippen molar-refractivity contribution < 1.29 is 52.7 Å². The maximum Gasteiger partial charge on any atom is 0.412 e. The normalized spacial score (nSPS) is 25.2. The molecule has 1 unspecified atom stereocenters. The Kier molecular flexibility index (Phi) is 16.5. The number of rotatable bonds is 20. The molecule has 2 heterocycles. The lowest BCUT2D eigenvalue weighted by Gasteiger charge is -2.59. The predicted octanol–water partition coefficient (Wildman–Crippen LogP) is 8.93. The fourth-order valence-corrected chi connectivity index (χ4v) is 9.84. The highest BCUT2D eigenvalue weighted by molar-refractivity contribution is 6.03. The maximum absolute atomic E-state index is 14.4. The summed E-state index contributed by atoms with van der Waals surface area (Å²) < 4.78 is 46.3.